The molecule has 2 aromatic heterocycles. The molecule has 2 fully saturated rings. The maximum Gasteiger partial charge on any atom is 0.225 e. The van der Waals surface area contributed by atoms with Gasteiger partial charge in [-0.3, -0.25) is 4.79 Å². The van der Waals surface area contributed by atoms with E-state index in [9.17, 15) is 4.79 Å². The predicted molar refractivity (Wildman–Crippen MR) is 96.4 cm³/mol. The van der Waals surface area contributed by atoms with E-state index >= 15 is 0 Å². The molecule has 7 heteroatoms. The third kappa shape index (κ3) is 2.98. The van der Waals surface area contributed by atoms with Crippen molar-refractivity contribution in [2.75, 3.05) is 51.2 Å². The standard InChI is InChI=1S/C17H23N5OS/c1-20-7-9-22(10-8-20)17(23)13-2-5-21(6-3-13)15-14-4-11-24-16(14)19-12-18-15/h4,11-13H,2-3,5-10H2,1H3. The largest absolute Gasteiger partial charge is 0.356 e. The van der Waals surface area contributed by atoms with Crippen molar-refractivity contribution >= 4 is 33.3 Å². The van der Waals surface area contributed by atoms with E-state index in [-0.39, 0.29) is 5.92 Å². The summed E-state index contributed by atoms with van der Waals surface area (Å²) in [4.78, 5) is 29.2. The molecule has 0 saturated carbocycles. The van der Waals surface area contributed by atoms with Crippen LogP contribution in [0.5, 0.6) is 0 Å². The minimum absolute atomic E-state index is 0.171. The summed E-state index contributed by atoms with van der Waals surface area (Å²) in [7, 11) is 2.12. The van der Waals surface area contributed by atoms with E-state index in [1.807, 2.05) is 0 Å². The molecular formula is C17H23N5OS. The number of anilines is 1. The van der Waals surface area contributed by atoms with Gasteiger partial charge in [0, 0.05) is 45.2 Å². The van der Waals surface area contributed by atoms with E-state index < -0.39 is 0 Å². The monoisotopic (exact) mass is 345 g/mol. The van der Waals surface area contributed by atoms with Crippen LogP contribution in [0.4, 0.5) is 5.82 Å². The molecule has 0 atom stereocenters. The minimum Gasteiger partial charge on any atom is -0.356 e. The van der Waals surface area contributed by atoms with E-state index in [1.165, 1.54) is 0 Å². The van der Waals surface area contributed by atoms with Gasteiger partial charge < -0.3 is 14.7 Å². The van der Waals surface area contributed by atoms with Crippen LogP contribution in [0, 0.1) is 5.92 Å². The lowest BCUT2D eigenvalue weighted by molar-refractivity contribution is -0.137. The zero-order valence-electron chi connectivity index (χ0n) is 14.0. The molecule has 0 aromatic carbocycles. The summed E-state index contributed by atoms with van der Waals surface area (Å²) in [6.45, 7) is 5.51. The van der Waals surface area contributed by atoms with Gasteiger partial charge in [0.1, 0.15) is 17.0 Å². The number of nitrogens with zero attached hydrogens (tertiary/aromatic N) is 5. The average molecular weight is 345 g/mol. The zero-order chi connectivity index (χ0) is 16.5. The second-order valence-electron chi connectivity index (χ2n) is 6.73. The number of carbonyl (C=O) groups excluding carboxylic acids is 1. The molecule has 128 valence electrons. The molecule has 2 saturated heterocycles. The highest BCUT2D eigenvalue weighted by molar-refractivity contribution is 7.16. The Bertz CT molecular complexity index is 717. The molecule has 4 rings (SSSR count). The highest BCUT2D eigenvalue weighted by Gasteiger charge is 2.30. The van der Waals surface area contributed by atoms with Crippen LogP contribution in [0.15, 0.2) is 17.8 Å². The van der Waals surface area contributed by atoms with Gasteiger partial charge in [-0.05, 0) is 31.3 Å². The van der Waals surface area contributed by atoms with Gasteiger partial charge in [-0.1, -0.05) is 0 Å². The number of fused-ring (bicyclic) bond motifs is 1. The van der Waals surface area contributed by atoms with Crippen molar-refractivity contribution in [1.29, 1.82) is 0 Å². The number of hydrogen-bond acceptors (Lipinski definition) is 6. The lowest BCUT2D eigenvalue weighted by Gasteiger charge is -2.38. The van der Waals surface area contributed by atoms with Crippen molar-refractivity contribution in [2.45, 2.75) is 12.8 Å². The summed E-state index contributed by atoms with van der Waals surface area (Å²) in [5.41, 5.74) is 0. The Labute approximate surface area is 146 Å². The quantitative estimate of drug-likeness (QED) is 0.829. The first kappa shape index (κ1) is 15.8. The van der Waals surface area contributed by atoms with Gasteiger partial charge in [-0.2, -0.15) is 0 Å². The summed E-state index contributed by atoms with van der Waals surface area (Å²) < 4.78 is 0. The maximum absolute atomic E-state index is 12.7. The normalized spacial score (nSPS) is 20.7. The summed E-state index contributed by atoms with van der Waals surface area (Å²) in [6, 6.07) is 2.09. The fraction of sp³-hybridized carbons (Fsp3) is 0.588. The van der Waals surface area contributed by atoms with Crippen LogP contribution in [0.3, 0.4) is 0 Å². The molecular weight excluding hydrogens is 322 g/mol. The maximum atomic E-state index is 12.7. The predicted octanol–water partition coefficient (Wildman–Crippen LogP) is 1.68. The lowest BCUT2D eigenvalue weighted by Crippen LogP contribution is -2.50. The highest BCUT2D eigenvalue weighted by Crippen LogP contribution is 2.30. The van der Waals surface area contributed by atoms with Gasteiger partial charge in [0.05, 0.1) is 5.39 Å². The molecule has 2 aliphatic rings. The first-order valence-electron chi connectivity index (χ1n) is 8.63. The van der Waals surface area contributed by atoms with Gasteiger partial charge in [-0.25, -0.2) is 9.97 Å². The number of carbonyl (C=O) groups is 1. The van der Waals surface area contributed by atoms with Crippen LogP contribution in [-0.4, -0.2) is 72.0 Å². The fourth-order valence-corrected chi connectivity index (χ4v) is 4.38. The third-order valence-corrected chi connectivity index (χ3v) is 6.02. The second kappa shape index (κ2) is 6.64. The van der Waals surface area contributed by atoms with E-state index in [0.717, 1.165) is 68.1 Å². The summed E-state index contributed by atoms with van der Waals surface area (Å²) in [5.74, 6) is 1.54. The molecule has 6 nitrogen and oxygen atoms in total. The van der Waals surface area contributed by atoms with Gasteiger partial charge in [0.2, 0.25) is 5.91 Å². The molecule has 0 bridgehead atoms. The molecule has 0 radical (unpaired) electrons. The first-order valence-corrected chi connectivity index (χ1v) is 9.51. The number of amides is 1. The van der Waals surface area contributed by atoms with Crippen LogP contribution in [0.2, 0.25) is 0 Å². The van der Waals surface area contributed by atoms with Crippen molar-refractivity contribution in [3.05, 3.63) is 17.8 Å². The van der Waals surface area contributed by atoms with Crippen molar-refractivity contribution in [1.82, 2.24) is 19.8 Å². The van der Waals surface area contributed by atoms with Crippen LogP contribution in [0.25, 0.3) is 10.2 Å². The number of likely N-dealkylation sites (N-methyl/N-ethyl adjacent to an activating group) is 1. The topological polar surface area (TPSA) is 52.6 Å². The van der Waals surface area contributed by atoms with E-state index in [1.54, 1.807) is 17.7 Å². The molecule has 2 aromatic rings. The molecule has 24 heavy (non-hydrogen) atoms. The van der Waals surface area contributed by atoms with Gasteiger partial charge in [0.15, 0.2) is 0 Å². The molecule has 2 aliphatic heterocycles. The minimum atomic E-state index is 0.171. The van der Waals surface area contributed by atoms with E-state index in [4.69, 9.17) is 0 Å². The molecule has 4 heterocycles. The molecule has 1 amide bonds. The Kier molecular flexibility index (Phi) is 4.37. The third-order valence-electron chi connectivity index (χ3n) is 5.20. The molecule has 0 N–H and O–H groups in total. The Morgan fingerprint density at radius 1 is 1.12 bits per heavy atom. The van der Waals surface area contributed by atoms with Crippen molar-refractivity contribution in [3.63, 3.8) is 0 Å². The number of aromatic nitrogens is 2. The Morgan fingerprint density at radius 2 is 1.88 bits per heavy atom. The number of piperidine rings is 1. The van der Waals surface area contributed by atoms with Gasteiger partial charge in [-0.15, -0.1) is 11.3 Å². The zero-order valence-corrected chi connectivity index (χ0v) is 14.8. The van der Waals surface area contributed by atoms with Crippen LogP contribution < -0.4 is 4.90 Å². The fourth-order valence-electron chi connectivity index (χ4n) is 3.65. The molecule has 0 spiro atoms. The second-order valence-corrected chi connectivity index (χ2v) is 7.62. The average Bonchev–Trinajstić information content (AvgIpc) is 3.11. The Hall–Kier alpha value is -1.73. The number of thiophene rings is 1. The Morgan fingerprint density at radius 3 is 2.62 bits per heavy atom. The van der Waals surface area contributed by atoms with Crippen molar-refractivity contribution < 1.29 is 4.79 Å². The van der Waals surface area contributed by atoms with E-state index in [2.05, 4.69) is 43.2 Å². The SMILES string of the molecule is CN1CCN(C(=O)C2CCN(c3ncnc4sccc34)CC2)CC1. The number of hydrogen-bond donors (Lipinski definition) is 0. The summed E-state index contributed by atoms with van der Waals surface area (Å²) >= 11 is 1.65. The van der Waals surface area contributed by atoms with Gasteiger partial charge >= 0.3 is 0 Å². The van der Waals surface area contributed by atoms with Crippen molar-refractivity contribution in [3.8, 4) is 0 Å². The van der Waals surface area contributed by atoms with Gasteiger partial charge in [0.25, 0.3) is 0 Å². The Balaban J connectivity index is 1.40. The van der Waals surface area contributed by atoms with Crippen LogP contribution in [-0.2, 0) is 4.79 Å². The molecule has 0 unspecified atom stereocenters. The van der Waals surface area contributed by atoms with Crippen LogP contribution >= 0.6 is 11.3 Å². The lowest BCUT2D eigenvalue weighted by atomic mass is 9.95. The molecule has 0 aliphatic carbocycles. The van der Waals surface area contributed by atoms with E-state index in [0.29, 0.717) is 5.91 Å². The number of piperazine rings is 1. The summed E-state index contributed by atoms with van der Waals surface area (Å²) in [5, 5.41) is 3.19. The first-order chi connectivity index (χ1) is 11.7. The summed E-state index contributed by atoms with van der Waals surface area (Å²) in [6.07, 6.45) is 3.48. The van der Waals surface area contributed by atoms with Crippen LogP contribution in [0.1, 0.15) is 12.8 Å². The highest BCUT2D eigenvalue weighted by atomic mass is 32.1. The van der Waals surface area contributed by atoms with Crippen molar-refractivity contribution in [2.24, 2.45) is 5.92 Å². The smallest absolute Gasteiger partial charge is 0.225 e. The number of rotatable bonds is 2.